The van der Waals surface area contributed by atoms with Crippen LogP contribution >= 0.6 is 0 Å². The summed E-state index contributed by atoms with van der Waals surface area (Å²) >= 11 is 0. The Morgan fingerprint density at radius 3 is 2.07 bits per heavy atom. The molecule has 2 heteroatoms. The molecule has 0 aromatic rings. The first-order chi connectivity index (χ1) is 7.16. The van der Waals surface area contributed by atoms with Crippen molar-refractivity contribution >= 4 is 0 Å². The van der Waals surface area contributed by atoms with E-state index in [1.165, 1.54) is 38.5 Å². The molecule has 0 aromatic heterocycles. The summed E-state index contributed by atoms with van der Waals surface area (Å²) in [6, 6.07) is 0. The van der Waals surface area contributed by atoms with E-state index in [9.17, 15) is 5.11 Å². The van der Waals surface area contributed by atoms with Crippen LogP contribution in [0.25, 0.3) is 0 Å². The lowest BCUT2D eigenvalue weighted by Crippen LogP contribution is -2.43. The maximum Gasteiger partial charge on any atom is 0.113 e. The van der Waals surface area contributed by atoms with E-state index < -0.39 is 5.72 Å². The van der Waals surface area contributed by atoms with E-state index in [0.29, 0.717) is 0 Å². The van der Waals surface area contributed by atoms with E-state index in [2.05, 4.69) is 0 Å². The van der Waals surface area contributed by atoms with Crippen molar-refractivity contribution < 1.29 is 5.11 Å². The Balaban J connectivity index is 1.71. The number of hydrogen-bond donors (Lipinski definition) is 2. The fourth-order valence-electron chi connectivity index (χ4n) is 3.31. The molecule has 2 aliphatic carbocycles. The molecule has 2 saturated carbocycles. The normalized spacial score (nSPS) is 39.2. The molecule has 0 atom stereocenters. The summed E-state index contributed by atoms with van der Waals surface area (Å²) in [5, 5.41) is 9.68. The standard InChI is InChI=1S/C13H25NO/c14-13(15)8-6-12(7-9-13)10-11-4-2-1-3-5-11/h11-12,15H,1-10,14H2. The average molecular weight is 211 g/mol. The van der Waals surface area contributed by atoms with Crippen LogP contribution in [0.1, 0.15) is 64.2 Å². The van der Waals surface area contributed by atoms with Gasteiger partial charge in [-0.1, -0.05) is 32.1 Å². The van der Waals surface area contributed by atoms with E-state index in [-0.39, 0.29) is 0 Å². The fourth-order valence-corrected chi connectivity index (χ4v) is 3.31. The third kappa shape index (κ3) is 3.46. The zero-order chi connectivity index (χ0) is 10.7. The summed E-state index contributed by atoms with van der Waals surface area (Å²) < 4.78 is 0. The zero-order valence-electron chi connectivity index (χ0n) is 9.75. The minimum absolute atomic E-state index is 0.810. The van der Waals surface area contributed by atoms with Gasteiger partial charge in [-0.15, -0.1) is 0 Å². The summed E-state index contributed by atoms with van der Waals surface area (Å²) in [6.07, 6.45) is 12.5. The highest BCUT2D eigenvalue weighted by atomic mass is 16.3. The molecule has 2 aliphatic rings. The van der Waals surface area contributed by atoms with Gasteiger partial charge in [0.05, 0.1) is 0 Å². The van der Waals surface area contributed by atoms with Crippen LogP contribution in [0, 0.1) is 11.8 Å². The maximum atomic E-state index is 9.68. The molecule has 0 spiro atoms. The van der Waals surface area contributed by atoms with Crippen LogP contribution in [0.4, 0.5) is 0 Å². The third-order valence-electron chi connectivity index (χ3n) is 4.36. The van der Waals surface area contributed by atoms with Crippen molar-refractivity contribution in [1.29, 1.82) is 0 Å². The minimum atomic E-state index is -0.844. The molecule has 0 aromatic carbocycles. The first-order valence-corrected chi connectivity index (χ1v) is 6.67. The van der Waals surface area contributed by atoms with Crippen molar-refractivity contribution in [3.63, 3.8) is 0 Å². The number of rotatable bonds is 2. The summed E-state index contributed by atoms with van der Waals surface area (Å²) in [7, 11) is 0. The average Bonchev–Trinajstić information content (AvgIpc) is 2.23. The van der Waals surface area contributed by atoms with Crippen LogP contribution in [0.3, 0.4) is 0 Å². The molecule has 2 rings (SSSR count). The Morgan fingerprint density at radius 2 is 1.47 bits per heavy atom. The van der Waals surface area contributed by atoms with Crippen LogP contribution in [-0.4, -0.2) is 10.8 Å². The number of hydrogen-bond acceptors (Lipinski definition) is 2. The van der Waals surface area contributed by atoms with Gasteiger partial charge in [-0.25, -0.2) is 0 Å². The second kappa shape index (κ2) is 4.84. The van der Waals surface area contributed by atoms with E-state index in [1.54, 1.807) is 0 Å². The van der Waals surface area contributed by atoms with E-state index in [4.69, 9.17) is 5.73 Å². The van der Waals surface area contributed by atoms with Crippen LogP contribution in [-0.2, 0) is 0 Å². The first kappa shape index (κ1) is 11.4. The lowest BCUT2D eigenvalue weighted by Gasteiger charge is -2.35. The lowest BCUT2D eigenvalue weighted by molar-refractivity contribution is -0.00718. The van der Waals surface area contributed by atoms with Crippen molar-refractivity contribution in [2.45, 2.75) is 69.9 Å². The molecule has 0 saturated heterocycles. The van der Waals surface area contributed by atoms with E-state index in [1.807, 2.05) is 0 Å². The van der Waals surface area contributed by atoms with Crippen molar-refractivity contribution in [3.05, 3.63) is 0 Å². The summed E-state index contributed by atoms with van der Waals surface area (Å²) in [4.78, 5) is 0. The van der Waals surface area contributed by atoms with Gasteiger partial charge in [0.15, 0.2) is 0 Å². The van der Waals surface area contributed by atoms with Crippen molar-refractivity contribution in [2.75, 3.05) is 0 Å². The smallest absolute Gasteiger partial charge is 0.113 e. The highest BCUT2D eigenvalue weighted by Gasteiger charge is 2.30. The van der Waals surface area contributed by atoms with E-state index >= 15 is 0 Å². The van der Waals surface area contributed by atoms with Crippen LogP contribution in [0.15, 0.2) is 0 Å². The molecule has 15 heavy (non-hydrogen) atoms. The van der Waals surface area contributed by atoms with E-state index in [0.717, 1.165) is 37.5 Å². The third-order valence-corrected chi connectivity index (χ3v) is 4.36. The first-order valence-electron chi connectivity index (χ1n) is 6.67. The van der Waals surface area contributed by atoms with Crippen molar-refractivity contribution in [1.82, 2.24) is 0 Å². The molecule has 0 radical (unpaired) electrons. The SMILES string of the molecule is NC1(O)CCC(CC2CCCCC2)CC1. The molecule has 2 fully saturated rings. The fraction of sp³-hybridized carbons (Fsp3) is 1.00. The van der Waals surface area contributed by atoms with Crippen molar-refractivity contribution in [2.24, 2.45) is 17.6 Å². The number of nitrogens with two attached hydrogens (primary N) is 1. The topological polar surface area (TPSA) is 46.2 Å². The lowest BCUT2D eigenvalue weighted by atomic mass is 9.76. The van der Waals surface area contributed by atoms with Gasteiger partial charge in [0.1, 0.15) is 5.72 Å². The van der Waals surface area contributed by atoms with Crippen LogP contribution in [0.2, 0.25) is 0 Å². The Hall–Kier alpha value is -0.0800. The highest BCUT2D eigenvalue weighted by Crippen LogP contribution is 2.36. The molecule has 0 unspecified atom stereocenters. The van der Waals surface area contributed by atoms with Crippen LogP contribution < -0.4 is 5.73 Å². The second-order valence-electron chi connectivity index (χ2n) is 5.79. The molecule has 88 valence electrons. The van der Waals surface area contributed by atoms with Gasteiger partial charge in [0.25, 0.3) is 0 Å². The molecule has 2 nitrogen and oxygen atoms in total. The van der Waals surface area contributed by atoms with Crippen molar-refractivity contribution in [3.8, 4) is 0 Å². The molecular formula is C13H25NO. The Morgan fingerprint density at radius 1 is 0.933 bits per heavy atom. The summed E-state index contributed by atoms with van der Waals surface area (Å²) in [6.45, 7) is 0. The van der Waals surface area contributed by atoms with Gasteiger partial charge in [-0.2, -0.15) is 0 Å². The molecule has 3 N–H and O–H groups in total. The van der Waals surface area contributed by atoms with Gasteiger partial charge in [-0.3, -0.25) is 0 Å². The van der Waals surface area contributed by atoms with Gasteiger partial charge in [-0.05, 0) is 43.9 Å². The molecular weight excluding hydrogens is 186 g/mol. The predicted octanol–water partition coefficient (Wildman–Crippen LogP) is 2.79. The predicted molar refractivity (Wildman–Crippen MR) is 62.3 cm³/mol. The van der Waals surface area contributed by atoms with Gasteiger partial charge >= 0.3 is 0 Å². The molecule has 0 heterocycles. The highest BCUT2D eigenvalue weighted by molar-refractivity contribution is 4.82. The monoisotopic (exact) mass is 211 g/mol. The minimum Gasteiger partial charge on any atom is -0.376 e. The van der Waals surface area contributed by atoms with Gasteiger partial charge in [0.2, 0.25) is 0 Å². The summed E-state index contributed by atoms with van der Waals surface area (Å²) in [5.41, 5.74) is 4.88. The number of aliphatic hydroxyl groups is 1. The second-order valence-corrected chi connectivity index (χ2v) is 5.79. The molecule has 0 bridgehead atoms. The molecule has 0 amide bonds. The Kier molecular flexibility index (Phi) is 3.68. The zero-order valence-corrected chi connectivity index (χ0v) is 9.75. The largest absolute Gasteiger partial charge is 0.376 e. The van der Waals surface area contributed by atoms with Gasteiger partial charge < -0.3 is 10.8 Å². The quantitative estimate of drug-likeness (QED) is 0.690. The summed E-state index contributed by atoms with van der Waals surface area (Å²) in [5.74, 6) is 1.82. The van der Waals surface area contributed by atoms with Crippen LogP contribution in [0.5, 0.6) is 0 Å². The Bertz CT molecular complexity index is 187. The van der Waals surface area contributed by atoms with Gasteiger partial charge in [0, 0.05) is 0 Å². The maximum absolute atomic E-state index is 9.68. The Labute approximate surface area is 93.2 Å². The molecule has 0 aliphatic heterocycles.